The van der Waals surface area contributed by atoms with Crippen LogP contribution in [0.5, 0.6) is 0 Å². The Balaban J connectivity index is 0.00000133. The minimum Gasteiger partial charge on any atom is -0.317 e. The third-order valence-corrected chi connectivity index (χ3v) is 4.45. The Morgan fingerprint density at radius 1 is 1.11 bits per heavy atom. The lowest BCUT2D eigenvalue weighted by Crippen LogP contribution is -2.26. The van der Waals surface area contributed by atoms with Crippen molar-refractivity contribution < 1.29 is 0 Å². The number of benzene rings is 1. The third kappa shape index (κ3) is 3.75. The van der Waals surface area contributed by atoms with Crippen molar-refractivity contribution in [3.05, 3.63) is 45.9 Å². The van der Waals surface area contributed by atoms with Crippen molar-refractivity contribution in [3.8, 4) is 0 Å². The fourth-order valence-electron chi connectivity index (χ4n) is 2.34. The van der Waals surface area contributed by atoms with E-state index < -0.39 is 0 Å². The smallest absolute Gasteiger partial charge is 0.121 e. The van der Waals surface area contributed by atoms with Gasteiger partial charge >= 0.3 is 0 Å². The number of nitrogens with one attached hydrogen (secondary N) is 1. The van der Waals surface area contributed by atoms with Crippen LogP contribution < -0.4 is 5.32 Å². The van der Waals surface area contributed by atoms with Crippen molar-refractivity contribution in [2.75, 3.05) is 13.1 Å². The molecule has 2 aromatic rings. The molecule has 0 aliphatic carbocycles. The average Bonchev–Trinajstić information content (AvgIpc) is 2.89. The van der Waals surface area contributed by atoms with E-state index in [0.29, 0.717) is 5.92 Å². The molecule has 1 aromatic carbocycles. The molecule has 5 heteroatoms. The number of hydrogen-bond acceptors (Lipinski definition) is 4. The van der Waals surface area contributed by atoms with Gasteiger partial charge in [-0.3, -0.25) is 0 Å². The highest BCUT2D eigenvalue weighted by Gasteiger charge is 2.19. The Bertz CT molecular complexity index is 494. The van der Waals surface area contributed by atoms with Gasteiger partial charge in [-0.1, -0.05) is 30.3 Å². The maximum Gasteiger partial charge on any atom is 0.121 e. The van der Waals surface area contributed by atoms with Crippen LogP contribution >= 0.6 is 23.7 Å². The van der Waals surface area contributed by atoms with E-state index in [4.69, 9.17) is 0 Å². The Morgan fingerprint density at radius 2 is 1.84 bits per heavy atom. The molecule has 0 unspecified atom stereocenters. The number of nitrogens with zero attached hydrogens (tertiary/aromatic N) is 2. The van der Waals surface area contributed by atoms with Crippen molar-refractivity contribution >= 4 is 23.7 Å². The molecule has 19 heavy (non-hydrogen) atoms. The van der Waals surface area contributed by atoms with E-state index >= 15 is 0 Å². The fraction of sp³-hybridized carbons (Fsp3) is 0.429. The molecule has 102 valence electrons. The molecule has 1 fully saturated rings. The highest BCUT2D eigenvalue weighted by atomic mass is 35.5. The van der Waals surface area contributed by atoms with Gasteiger partial charge in [-0.15, -0.1) is 33.9 Å². The molecular weight excluding hydrogens is 278 g/mol. The summed E-state index contributed by atoms with van der Waals surface area (Å²) in [4.78, 5) is 0. The molecule has 0 bridgehead atoms. The van der Waals surface area contributed by atoms with Crippen molar-refractivity contribution in [2.24, 2.45) is 0 Å². The standard InChI is InChI=1S/C14H17N3S.ClH/c1-2-4-11(5-3-1)10-13-16-17-14(18-13)12-6-8-15-9-7-12;/h1-5,12,15H,6-10H2;1H. The predicted octanol–water partition coefficient (Wildman–Crippen LogP) is 3.02. The van der Waals surface area contributed by atoms with Crippen LogP contribution in [0.15, 0.2) is 30.3 Å². The van der Waals surface area contributed by atoms with Gasteiger partial charge in [-0.25, -0.2) is 0 Å². The summed E-state index contributed by atoms with van der Waals surface area (Å²) in [5, 5.41) is 14.5. The Morgan fingerprint density at radius 3 is 2.58 bits per heavy atom. The maximum absolute atomic E-state index is 4.38. The lowest BCUT2D eigenvalue weighted by Gasteiger charge is -2.19. The summed E-state index contributed by atoms with van der Waals surface area (Å²) < 4.78 is 0. The summed E-state index contributed by atoms with van der Waals surface area (Å²) in [6.45, 7) is 2.22. The van der Waals surface area contributed by atoms with Gasteiger partial charge in [0.15, 0.2) is 0 Å². The monoisotopic (exact) mass is 295 g/mol. The summed E-state index contributed by atoms with van der Waals surface area (Å²) in [7, 11) is 0. The molecule has 3 rings (SSSR count). The van der Waals surface area contributed by atoms with Gasteiger partial charge in [-0.2, -0.15) is 0 Å². The lowest BCUT2D eigenvalue weighted by atomic mass is 9.99. The zero-order valence-corrected chi connectivity index (χ0v) is 12.3. The zero-order valence-electron chi connectivity index (χ0n) is 10.7. The molecule has 1 saturated heterocycles. The molecule has 0 spiro atoms. The summed E-state index contributed by atoms with van der Waals surface area (Å²) in [6.07, 6.45) is 3.30. The van der Waals surface area contributed by atoms with Crippen LogP contribution in [0.2, 0.25) is 0 Å². The molecule has 1 aliphatic rings. The van der Waals surface area contributed by atoms with Gasteiger partial charge in [-0.05, 0) is 31.5 Å². The first kappa shape index (κ1) is 14.4. The zero-order chi connectivity index (χ0) is 12.2. The Hall–Kier alpha value is -0.970. The van der Waals surface area contributed by atoms with Crippen LogP contribution in [-0.2, 0) is 6.42 Å². The van der Waals surface area contributed by atoms with Crippen LogP contribution in [0.4, 0.5) is 0 Å². The summed E-state index contributed by atoms with van der Waals surface area (Å²) >= 11 is 1.78. The topological polar surface area (TPSA) is 37.8 Å². The molecule has 3 nitrogen and oxygen atoms in total. The van der Waals surface area contributed by atoms with E-state index in [9.17, 15) is 0 Å². The summed E-state index contributed by atoms with van der Waals surface area (Å²) in [5.41, 5.74) is 1.31. The van der Waals surface area contributed by atoms with E-state index in [2.05, 4.69) is 39.8 Å². The van der Waals surface area contributed by atoms with Gasteiger partial charge in [0.2, 0.25) is 0 Å². The third-order valence-electron chi connectivity index (χ3n) is 3.37. The second-order valence-corrected chi connectivity index (χ2v) is 5.81. The quantitative estimate of drug-likeness (QED) is 0.946. The van der Waals surface area contributed by atoms with Crippen LogP contribution in [-0.4, -0.2) is 23.3 Å². The van der Waals surface area contributed by atoms with Gasteiger partial charge in [0, 0.05) is 12.3 Å². The SMILES string of the molecule is Cl.c1ccc(Cc2nnc(C3CCNCC3)s2)cc1. The van der Waals surface area contributed by atoms with Crippen molar-refractivity contribution in [3.63, 3.8) is 0 Å². The van der Waals surface area contributed by atoms with Crippen molar-refractivity contribution in [2.45, 2.75) is 25.2 Å². The predicted molar refractivity (Wildman–Crippen MR) is 81.2 cm³/mol. The van der Waals surface area contributed by atoms with Gasteiger partial charge in [0.1, 0.15) is 10.0 Å². The van der Waals surface area contributed by atoms with Gasteiger partial charge in [0.05, 0.1) is 0 Å². The summed E-state index contributed by atoms with van der Waals surface area (Å²) in [6, 6.07) is 10.5. The van der Waals surface area contributed by atoms with Gasteiger partial charge < -0.3 is 5.32 Å². The number of piperidine rings is 1. The van der Waals surface area contributed by atoms with E-state index in [0.717, 1.165) is 24.5 Å². The number of aromatic nitrogens is 2. The minimum absolute atomic E-state index is 0. The molecule has 0 saturated carbocycles. The first-order valence-electron chi connectivity index (χ1n) is 6.49. The van der Waals surface area contributed by atoms with Crippen LogP contribution in [0.1, 0.15) is 34.3 Å². The molecule has 0 radical (unpaired) electrons. The number of hydrogen-bond donors (Lipinski definition) is 1. The van der Waals surface area contributed by atoms with Crippen LogP contribution in [0.25, 0.3) is 0 Å². The molecular formula is C14H18ClN3S. The molecule has 1 aliphatic heterocycles. The minimum atomic E-state index is 0. The van der Waals surface area contributed by atoms with Crippen LogP contribution in [0, 0.1) is 0 Å². The second kappa shape index (κ2) is 6.98. The first-order chi connectivity index (χ1) is 8.92. The molecule has 1 N–H and O–H groups in total. The molecule has 0 atom stereocenters. The Kier molecular flexibility index (Phi) is 5.31. The average molecular weight is 296 g/mol. The van der Waals surface area contributed by atoms with E-state index in [1.807, 2.05) is 6.07 Å². The number of rotatable bonds is 3. The Labute approximate surface area is 123 Å². The largest absolute Gasteiger partial charge is 0.317 e. The molecule has 1 aromatic heterocycles. The second-order valence-electron chi connectivity index (χ2n) is 4.72. The normalized spacial score (nSPS) is 16.0. The lowest BCUT2D eigenvalue weighted by molar-refractivity contribution is 0.457. The maximum atomic E-state index is 4.38. The highest BCUT2D eigenvalue weighted by Crippen LogP contribution is 2.28. The first-order valence-corrected chi connectivity index (χ1v) is 7.30. The van der Waals surface area contributed by atoms with E-state index in [1.165, 1.54) is 23.4 Å². The summed E-state index contributed by atoms with van der Waals surface area (Å²) in [5.74, 6) is 0.619. The van der Waals surface area contributed by atoms with Crippen LogP contribution in [0.3, 0.4) is 0 Å². The fourth-order valence-corrected chi connectivity index (χ4v) is 3.39. The molecule has 0 amide bonds. The number of halogens is 1. The highest BCUT2D eigenvalue weighted by molar-refractivity contribution is 7.11. The molecule has 2 heterocycles. The van der Waals surface area contributed by atoms with E-state index in [1.54, 1.807) is 11.3 Å². The van der Waals surface area contributed by atoms with Crippen molar-refractivity contribution in [1.82, 2.24) is 15.5 Å². The van der Waals surface area contributed by atoms with Crippen molar-refractivity contribution in [1.29, 1.82) is 0 Å². The van der Waals surface area contributed by atoms with Gasteiger partial charge in [0.25, 0.3) is 0 Å². The van der Waals surface area contributed by atoms with E-state index in [-0.39, 0.29) is 12.4 Å².